The van der Waals surface area contributed by atoms with E-state index >= 15 is 0 Å². The van der Waals surface area contributed by atoms with E-state index in [9.17, 15) is 84.3 Å². The molecule has 16 N–H and O–H groups in total. The minimum atomic E-state index is -2.37. The van der Waals surface area contributed by atoms with Crippen molar-refractivity contribution in [1.29, 1.82) is 0 Å². The molecule has 0 saturated carbocycles. The predicted octanol–water partition coefficient (Wildman–Crippen LogP) is -3.10. The lowest BCUT2D eigenvalue weighted by Gasteiger charge is -2.34. The van der Waals surface area contributed by atoms with Crippen molar-refractivity contribution in [3.05, 3.63) is 29.8 Å². The van der Waals surface area contributed by atoms with Crippen LogP contribution >= 0.6 is 0 Å². The van der Waals surface area contributed by atoms with Crippen LogP contribution in [-0.4, -0.2) is 195 Å². The number of carbonyl (C=O) groups is 8. The molecule has 0 aromatic heterocycles. The van der Waals surface area contributed by atoms with Gasteiger partial charge in [0, 0.05) is 38.3 Å². The summed E-state index contributed by atoms with van der Waals surface area (Å²) in [5.74, 6) is -9.52. The van der Waals surface area contributed by atoms with Crippen LogP contribution in [0.15, 0.2) is 24.3 Å². The van der Waals surface area contributed by atoms with Crippen molar-refractivity contribution in [2.45, 2.75) is 203 Å². The quantitative estimate of drug-likeness (QED) is 0.0575. The van der Waals surface area contributed by atoms with E-state index < -0.39 is 171 Å². The molecule has 0 aliphatic carbocycles. The number of carbonyl (C=O) groups excluding carboxylic acids is 8. The van der Waals surface area contributed by atoms with Gasteiger partial charge in [0.25, 0.3) is 0 Å². The number of hydrogen-bond acceptors (Lipinski definition) is 17. The standard InChI is InChI=1S/C51H82N8O17/c1-6-25(2)19-26(3)13-11-9-7-8-10-12-14-37(66)53-32-21-35(64)47(72)57-49(74)41-42(67)27(4)23-59(41)51(76)39(34(63)22-36(52)65)55-48(73)40(44(69)43(68)29-15-17-30(61)18-16-29)56-46(71)33-20-31(62)24-58(33)50(75)38(28(5)60)54-45(32)70/h15-18,25-28,31-35,38-44,47,60-64,67-69,72H,6-14,19-24H2,1-5H3,(H2,52,65)(H,53,66)(H,54,70)(H,55,73)(H,56,71)(H,57,74)/t25?,26?,27-,28+,31+,32+,33-,34+,35-,38-,39-,40-,41-,42-,43-,44-,47-/m0/s1. The lowest BCUT2D eigenvalue weighted by Crippen LogP contribution is -2.64. The molecule has 76 heavy (non-hydrogen) atoms. The van der Waals surface area contributed by atoms with E-state index in [4.69, 9.17) is 5.73 Å². The van der Waals surface area contributed by atoms with E-state index in [2.05, 4.69) is 47.4 Å². The molecule has 3 aliphatic heterocycles. The normalized spacial score (nSPS) is 29.8. The molecule has 8 amide bonds. The fourth-order valence-corrected chi connectivity index (χ4v) is 10.0. The largest absolute Gasteiger partial charge is 0.508 e. The molecule has 25 nitrogen and oxygen atoms in total. The summed E-state index contributed by atoms with van der Waals surface area (Å²) in [6.07, 6.45) is -9.95. The number of nitrogens with two attached hydrogens (primary N) is 1. The summed E-state index contributed by atoms with van der Waals surface area (Å²) in [5, 5.41) is 111. The number of aliphatic hydroxyl groups is 8. The summed E-state index contributed by atoms with van der Waals surface area (Å²) >= 11 is 0. The summed E-state index contributed by atoms with van der Waals surface area (Å²) in [4.78, 5) is 113. The summed E-state index contributed by atoms with van der Waals surface area (Å²) in [6.45, 7) is 8.17. The molecule has 3 fully saturated rings. The van der Waals surface area contributed by atoms with E-state index in [-0.39, 0.29) is 17.7 Å². The number of phenols is 1. The van der Waals surface area contributed by atoms with Gasteiger partial charge in [-0.2, -0.15) is 0 Å². The Morgan fingerprint density at radius 2 is 1.32 bits per heavy atom. The van der Waals surface area contributed by atoms with Crippen LogP contribution in [0.2, 0.25) is 0 Å². The minimum Gasteiger partial charge on any atom is -0.508 e. The van der Waals surface area contributed by atoms with Crippen molar-refractivity contribution in [2.75, 3.05) is 13.1 Å². The predicted molar refractivity (Wildman–Crippen MR) is 270 cm³/mol. The smallest absolute Gasteiger partial charge is 0.248 e. The molecule has 3 saturated heterocycles. The third-order valence-corrected chi connectivity index (χ3v) is 14.7. The summed E-state index contributed by atoms with van der Waals surface area (Å²) in [7, 11) is 0. The molecule has 0 bridgehead atoms. The molecular formula is C51H82N8O17. The van der Waals surface area contributed by atoms with Crippen molar-refractivity contribution in [3.8, 4) is 5.75 Å². The van der Waals surface area contributed by atoms with Crippen LogP contribution in [-0.2, 0) is 38.4 Å². The van der Waals surface area contributed by atoms with Crippen molar-refractivity contribution in [2.24, 2.45) is 23.5 Å². The van der Waals surface area contributed by atoms with Crippen LogP contribution < -0.4 is 32.3 Å². The number of benzene rings is 1. The molecular weight excluding hydrogens is 997 g/mol. The first-order valence-electron chi connectivity index (χ1n) is 26.4. The number of aromatic hydroxyl groups is 1. The maximum absolute atomic E-state index is 14.5. The first kappa shape index (κ1) is 63.0. The topological polar surface area (TPSA) is 411 Å². The van der Waals surface area contributed by atoms with Crippen molar-refractivity contribution in [3.63, 3.8) is 0 Å². The molecule has 0 radical (unpaired) electrons. The fraction of sp³-hybridized carbons (Fsp3) is 0.725. The maximum Gasteiger partial charge on any atom is 0.248 e. The lowest BCUT2D eigenvalue weighted by atomic mass is 9.91. The van der Waals surface area contributed by atoms with Gasteiger partial charge in [-0.25, -0.2) is 0 Å². The number of hydrogen-bond donors (Lipinski definition) is 15. The Bertz CT molecular complexity index is 2140. The van der Waals surface area contributed by atoms with Gasteiger partial charge in [0.15, 0.2) is 6.23 Å². The molecule has 4 rings (SSSR count). The Kier molecular flexibility index (Phi) is 24.3. The summed E-state index contributed by atoms with van der Waals surface area (Å²) in [5.41, 5.74) is 5.23. The van der Waals surface area contributed by atoms with E-state index in [1.165, 1.54) is 13.3 Å². The van der Waals surface area contributed by atoms with Crippen molar-refractivity contribution >= 4 is 47.3 Å². The third-order valence-electron chi connectivity index (χ3n) is 14.7. The van der Waals surface area contributed by atoms with Gasteiger partial charge in [0.05, 0.1) is 30.8 Å². The highest BCUT2D eigenvalue weighted by Gasteiger charge is 2.50. The van der Waals surface area contributed by atoms with Crippen LogP contribution in [0.25, 0.3) is 0 Å². The van der Waals surface area contributed by atoms with Crippen molar-refractivity contribution < 1.29 is 84.3 Å². The van der Waals surface area contributed by atoms with Gasteiger partial charge in [-0.1, -0.05) is 84.8 Å². The number of nitrogens with one attached hydrogen (secondary N) is 5. The second kappa shape index (κ2) is 29.3. The molecule has 428 valence electrons. The number of phenolic OH excluding ortho intramolecular Hbond substituents is 1. The zero-order chi connectivity index (χ0) is 56.7. The maximum atomic E-state index is 14.5. The Balaban J connectivity index is 1.71. The van der Waals surface area contributed by atoms with Crippen LogP contribution in [0, 0.1) is 17.8 Å². The molecule has 1 aromatic carbocycles. The third kappa shape index (κ3) is 17.5. The highest BCUT2D eigenvalue weighted by atomic mass is 16.3. The Hall–Kier alpha value is -5.54. The molecule has 0 spiro atoms. The van der Waals surface area contributed by atoms with E-state index in [0.717, 1.165) is 74.6 Å². The average Bonchev–Trinajstić information content (AvgIpc) is 3.90. The van der Waals surface area contributed by atoms with Crippen LogP contribution in [0.1, 0.15) is 130 Å². The molecule has 3 heterocycles. The number of aliphatic hydroxyl groups excluding tert-OH is 8. The van der Waals surface area contributed by atoms with E-state index in [1.54, 1.807) is 0 Å². The summed E-state index contributed by atoms with van der Waals surface area (Å²) < 4.78 is 0. The molecule has 1 aromatic rings. The number of nitrogens with zero attached hydrogens (tertiary/aromatic N) is 2. The van der Waals surface area contributed by atoms with Gasteiger partial charge in [0.2, 0.25) is 47.3 Å². The van der Waals surface area contributed by atoms with Crippen LogP contribution in [0.4, 0.5) is 0 Å². The van der Waals surface area contributed by atoms with Gasteiger partial charge in [-0.3, -0.25) is 38.4 Å². The second-order valence-corrected chi connectivity index (χ2v) is 21.2. The van der Waals surface area contributed by atoms with Gasteiger partial charge in [-0.05, 0) is 49.3 Å². The monoisotopic (exact) mass is 1080 g/mol. The number of unbranched alkanes of at least 4 members (excludes halogenated alkanes) is 5. The minimum absolute atomic E-state index is 0.0813. The highest BCUT2D eigenvalue weighted by molar-refractivity contribution is 5.98. The lowest BCUT2D eigenvalue weighted by molar-refractivity contribution is -0.149. The van der Waals surface area contributed by atoms with Gasteiger partial charge in [0.1, 0.15) is 60.3 Å². The Labute approximate surface area is 442 Å². The molecule has 25 heteroatoms. The number of amides is 8. The zero-order valence-corrected chi connectivity index (χ0v) is 44.0. The molecule has 17 atom stereocenters. The number of rotatable bonds is 20. The van der Waals surface area contributed by atoms with Crippen LogP contribution in [0.3, 0.4) is 0 Å². The SMILES string of the molecule is CCC(C)CC(C)CCCCCCCCC(=O)N[C@@H]1C[C@H](O)[C@H](O)NC(=O)[C@@H]2[C@@H](O)[C@@H](C)CN2C(=O)[C@H]([C@H](O)CC(N)=O)NC(=O)[C@H]([C@H](O)[C@@H](O)c2ccc(O)cc2)NC(=O)[C@@H]2C[C@@H](O)CN2C(=O)[C@H]([C@@H](C)O)NC1=O. The highest BCUT2D eigenvalue weighted by Crippen LogP contribution is 2.28. The Morgan fingerprint density at radius 3 is 1.93 bits per heavy atom. The fourth-order valence-electron chi connectivity index (χ4n) is 10.0. The first-order valence-corrected chi connectivity index (χ1v) is 26.4. The zero-order valence-electron chi connectivity index (χ0n) is 44.0. The van der Waals surface area contributed by atoms with Crippen molar-refractivity contribution in [1.82, 2.24) is 36.4 Å². The van der Waals surface area contributed by atoms with Gasteiger partial charge >= 0.3 is 0 Å². The average molecular weight is 1080 g/mol. The summed E-state index contributed by atoms with van der Waals surface area (Å²) in [6, 6.07) is -7.42. The molecule has 2 unspecified atom stereocenters. The molecule has 3 aliphatic rings. The Morgan fingerprint density at radius 1 is 0.724 bits per heavy atom. The van der Waals surface area contributed by atoms with E-state index in [1.807, 2.05) is 0 Å². The van der Waals surface area contributed by atoms with Crippen LogP contribution in [0.5, 0.6) is 5.75 Å². The number of fused-ring (bicyclic) bond motifs is 2. The van der Waals surface area contributed by atoms with Gasteiger partial charge in [-0.15, -0.1) is 0 Å². The van der Waals surface area contributed by atoms with Gasteiger partial charge < -0.3 is 88.1 Å². The van der Waals surface area contributed by atoms with E-state index in [0.29, 0.717) is 29.6 Å². The second-order valence-electron chi connectivity index (χ2n) is 21.2. The first-order chi connectivity index (χ1) is 35.7. The number of primary amides is 1.